The summed E-state index contributed by atoms with van der Waals surface area (Å²) >= 11 is 0. The Morgan fingerprint density at radius 2 is 1.66 bits per heavy atom. The van der Waals surface area contributed by atoms with Crippen LogP contribution in [0.3, 0.4) is 0 Å². The third-order valence-electron chi connectivity index (χ3n) is 7.43. The van der Waals surface area contributed by atoms with Gasteiger partial charge in [-0.25, -0.2) is 13.2 Å². The van der Waals surface area contributed by atoms with Crippen LogP contribution < -0.4 is 5.32 Å². The third-order valence-corrected chi connectivity index (χ3v) is 8.47. The topological polar surface area (TPSA) is 119 Å². The lowest BCUT2D eigenvalue weighted by Gasteiger charge is -2.40. The number of carbonyl (C=O) groups excluding carboxylic acids is 3. The molecule has 1 N–H and O–H groups in total. The largest absolute Gasteiger partial charge is 0.465 e. The van der Waals surface area contributed by atoms with Gasteiger partial charge in [-0.3, -0.25) is 9.59 Å². The minimum atomic E-state index is -3.23. The number of benzene rings is 2. The normalized spacial score (nSPS) is 23.8. The second-order valence-corrected chi connectivity index (χ2v) is 12.3. The SMILES string of the molecule is COC(=O)c1cccc(-c2cccc(C(=O)N[C@H]3CCN([C@H]4CC[C@@H](OC)C[C@H]4CS(C)(=O)=O)C3=O)c2)c1. The number of hydrogen-bond acceptors (Lipinski definition) is 7. The van der Waals surface area contributed by atoms with Crippen LogP contribution in [-0.2, 0) is 24.1 Å². The van der Waals surface area contributed by atoms with Crippen LogP contribution in [0.4, 0.5) is 0 Å². The highest BCUT2D eigenvalue weighted by Crippen LogP contribution is 2.33. The molecule has 2 amide bonds. The van der Waals surface area contributed by atoms with E-state index in [1.165, 1.54) is 13.4 Å². The summed E-state index contributed by atoms with van der Waals surface area (Å²) in [6.07, 6.45) is 3.66. The average molecular weight is 543 g/mol. The highest BCUT2D eigenvalue weighted by Gasteiger charge is 2.43. The Bertz CT molecular complexity index is 1310. The molecule has 1 heterocycles. The molecule has 38 heavy (non-hydrogen) atoms. The molecule has 0 bridgehead atoms. The number of carbonyl (C=O) groups is 3. The van der Waals surface area contributed by atoms with Gasteiger partial charge in [-0.05, 0) is 67.0 Å². The number of ether oxygens (including phenoxy) is 2. The van der Waals surface area contributed by atoms with E-state index in [9.17, 15) is 22.8 Å². The Labute approximate surface area is 223 Å². The van der Waals surface area contributed by atoms with Crippen molar-refractivity contribution in [2.24, 2.45) is 5.92 Å². The maximum Gasteiger partial charge on any atom is 0.337 e. The second-order valence-electron chi connectivity index (χ2n) is 10.1. The predicted octanol–water partition coefficient (Wildman–Crippen LogP) is 2.70. The first-order chi connectivity index (χ1) is 18.1. The van der Waals surface area contributed by atoms with Gasteiger partial charge in [-0.15, -0.1) is 0 Å². The number of likely N-dealkylation sites (tertiary alicyclic amines) is 1. The highest BCUT2D eigenvalue weighted by atomic mass is 32.2. The molecule has 2 aromatic carbocycles. The molecule has 0 unspecified atom stereocenters. The first kappa shape index (κ1) is 27.8. The fourth-order valence-electron chi connectivity index (χ4n) is 5.59. The molecular formula is C28H34N2O7S. The van der Waals surface area contributed by atoms with Crippen molar-refractivity contribution in [3.63, 3.8) is 0 Å². The summed E-state index contributed by atoms with van der Waals surface area (Å²) in [5, 5.41) is 2.87. The Balaban J connectivity index is 1.46. The van der Waals surface area contributed by atoms with Crippen molar-refractivity contribution in [1.82, 2.24) is 10.2 Å². The van der Waals surface area contributed by atoms with Crippen LogP contribution in [-0.4, -0.2) is 82.1 Å². The van der Waals surface area contributed by atoms with Gasteiger partial charge in [0.1, 0.15) is 15.9 Å². The van der Waals surface area contributed by atoms with E-state index in [0.29, 0.717) is 36.9 Å². The molecule has 1 saturated carbocycles. The van der Waals surface area contributed by atoms with Crippen LogP contribution >= 0.6 is 0 Å². The smallest absolute Gasteiger partial charge is 0.337 e. The van der Waals surface area contributed by atoms with Crippen LogP contribution in [0.5, 0.6) is 0 Å². The molecule has 2 aliphatic rings. The van der Waals surface area contributed by atoms with E-state index in [-0.39, 0.29) is 35.6 Å². The summed E-state index contributed by atoms with van der Waals surface area (Å²) < 4.78 is 34.4. The van der Waals surface area contributed by atoms with E-state index in [1.807, 2.05) is 12.1 Å². The molecule has 0 radical (unpaired) electrons. The lowest BCUT2D eigenvalue weighted by molar-refractivity contribution is -0.133. The monoisotopic (exact) mass is 542 g/mol. The molecule has 1 aliphatic heterocycles. The van der Waals surface area contributed by atoms with Gasteiger partial charge >= 0.3 is 5.97 Å². The summed E-state index contributed by atoms with van der Waals surface area (Å²) in [4.78, 5) is 40.1. The molecule has 0 aromatic heterocycles. The number of amides is 2. The van der Waals surface area contributed by atoms with Crippen LogP contribution in [0, 0.1) is 5.92 Å². The van der Waals surface area contributed by atoms with E-state index >= 15 is 0 Å². The van der Waals surface area contributed by atoms with E-state index in [2.05, 4.69) is 5.32 Å². The molecule has 1 saturated heterocycles. The standard InChI is InChI=1S/C28H34N2O7S/c1-36-23-10-11-25(22(16-23)17-38(3,34)35)30-13-12-24(27(30)32)29-26(31)20-8-4-6-18(14-20)19-7-5-9-21(15-19)28(33)37-2/h4-9,14-15,22-25H,10-13,16-17H2,1-3H3,(H,29,31)/t22-,23+,24-,25-/m0/s1. The first-order valence-electron chi connectivity index (χ1n) is 12.7. The van der Waals surface area contributed by atoms with Crippen molar-refractivity contribution in [3.05, 3.63) is 59.7 Å². The quantitative estimate of drug-likeness (QED) is 0.510. The maximum atomic E-state index is 13.3. The zero-order chi connectivity index (χ0) is 27.4. The number of rotatable bonds is 8. The van der Waals surface area contributed by atoms with Crippen LogP contribution in [0.1, 0.15) is 46.4 Å². The van der Waals surface area contributed by atoms with Gasteiger partial charge in [-0.1, -0.05) is 24.3 Å². The summed E-state index contributed by atoms with van der Waals surface area (Å²) in [6, 6.07) is 13.1. The number of sulfone groups is 1. The number of hydrogen-bond donors (Lipinski definition) is 1. The van der Waals surface area contributed by atoms with Gasteiger partial charge in [0.2, 0.25) is 5.91 Å². The van der Waals surface area contributed by atoms with Crippen LogP contribution in [0.2, 0.25) is 0 Å². The van der Waals surface area contributed by atoms with Gasteiger partial charge in [0.25, 0.3) is 5.91 Å². The second kappa shape index (κ2) is 11.7. The van der Waals surface area contributed by atoms with Gasteiger partial charge in [0, 0.05) is 31.5 Å². The van der Waals surface area contributed by atoms with Crippen molar-refractivity contribution < 1.29 is 32.3 Å². The predicted molar refractivity (Wildman–Crippen MR) is 142 cm³/mol. The highest BCUT2D eigenvalue weighted by molar-refractivity contribution is 7.90. The number of nitrogens with zero attached hydrogens (tertiary/aromatic N) is 1. The first-order valence-corrected chi connectivity index (χ1v) is 14.8. The number of methoxy groups -OCH3 is 2. The molecule has 204 valence electrons. The Morgan fingerprint density at radius 3 is 2.29 bits per heavy atom. The van der Waals surface area contributed by atoms with Gasteiger partial charge in [0.15, 0.2) is 0 Å². The van der Waals surface area contributed by atoms with Gasteiger partial charge < -0.3 is 19.7 Å². The molecule has 2 aromatic rings. The van der Waals surface area contributed by atoms with E-state index in [0.717, 1.165) is 17.5 Å². The number of nitrogens with one attached hydrogen (secondary N) is 1. The minimum Gasteiger partial charge on any atom is -0.465 e. The summed E-state index contributed by atoms with van der Waals surface area (Å²) in [5.41, 5.74) is 2.31. The third kappa shape index (κ3) is 6.42. The van der Waals surface area contributed by atoms with Crippen molar-refractivity contribution in [3.8, 4) is 11.1 Å². The zero-order valence-corrected chi connectivity index (χ0v) is 22.7. The van der Waals surface area contributed by atoms with Crippen LogP contribution in [0.15, 0.2) is 48.5 Å². The lowest BCUT2D eigenvalue weighted by atomic mass is 9.83. The molecular weight excluding hydrogens is 508 g/mol. The van der Waals surface area contributed by atoms with E-state index in [4.69, 9.17) is 9.47 Å². The fourth-order valence-corrected chi connectivity index (χ4v) is 6.72. The molecule has 10 heteroatoms. The van der Waals surface area contributed by atoms with E-state index in [1.54, 1.807) is 48.4 Å². The summed E-state index contributed by atoms with van der Waals surface area (Å²) in [7, 11) is -0.283. The molecule has 4 rings (SSSR count). The van der Waals surface area contributed by atoms with E-state index < -0.39 is 21.8 Å². The molecule has 1 aliphatic carbocycles. The average Bonchev–Trinajstić information content (AvgIpc) is 3.26. The Hall–Kier alpha value is -3.24. The van der Waals surface area contributed by atoms with Gasteiger partial charge in [-0.2, -0.15) is 0 Å². The molecule has 2 fully saturated rings. The summed E-state index contributed by atoms with van der Waals surface area (Å²) in [6.45, 7) is 0.465. The summed E-state index contributed by atoms with van der Waals surface area (Å²) in [5.74, 6) is -1.20. The van der Waals surface area contributed by atoms with Crippen molar-refractivity contribution in [2.45, 2.75) is 43.9 Å². The maximum absolute atomic E-state index is 13.3. The Kier molecular flexibility index (Phi) is 8.52. The molecule has 0 spiro atoms. The molecule has 9 nitrogen and oxygen atoms in total. The minimum absolute atomic E-state index is 0.00228. The fraction of sp³-hybridized carbons (Fsp3) is 0.464. The lowest BCUT2D eigenvalue weighted by Crippen LogP contribution is -2.50. The number of esters is 1. The van der Waals surface area contributed by atoms with Crippen molar-refractivity contribution in [2.75, 3.05) is 32.8 Å². The van der Waals surface area contributed by atoms with Crippen molar-refractivity contribution in [1.29, 1.82) is 0 Å². The Morgan fingerprint density at radius 1 is 1.00 bits per heavy atom. The zero-order valence-electron chi connectivity index (χ0n) is 21.9. The van der Waals surface area contributed by atoms with Crippen molar-refractivity contribution >= 4 is 27.6 Å². The van der Waals surface area contributed by atoms with Gasteiger partial charge in [0.05, 0.1) is 24.5 Å². The van der Waals surface area contributed by atoms with Crippen LogP contribution in [0.25, 0.3) is 11.1 Å². The molecule has 4 atom stereocenters.